The molecule has 0 unspecified atom stereocenters. The van der Waals surface area contributed by atoms with Crippen LogP contribution in [0.2, 0.25) is 0 Å². The second kappa shape index (κ2) is 5.05. The van der Waals surface area contributed by atoms with E-state index in [-0.39, 0.29) is 11.5 Å². The molecule has 0 aliphatic heterocycles. The van der Waals surface area contributed by atoms with Crippen LogP contribution in [0.1, 0.15) is 36.5 Å². The molecule has 3 N–H and O–H groups in total. The van der Waals surface area contributed by atoms with Crippen molar-refractivity contribution in [1.82, 2.24) is 10.2 Å². The van der Waals surface area contributed by atoms with Gasteiger partial charge >= 0.3 is 0 Å². The van der Waals surface area contributed by atoms with E-state index in [2.05, 4.69) is 36.2 Å². The van der Waals surface area contributed by atoms with Gasteiger partial charge in [0.25, 0.3) is 0 Å². The number of nitrogens with one attached hydrogen (secondary N) is 1. The Balaban J connectivity index is 2.24. The molecule has 3 aromatic rings. The van der Waals surface area contributed by atoms with Gasteiger partial charge in [-0.2, -0.15) is 5.10 Å². The molecule has 0 amide bonds. The van der Waals surface area contributed by atoms with Crippen LogP contribution >= 0.6 is 0 Å². The molecule has 0 saturated carbocycles. The maximum atomic E-state index is 10.5. The van der Waals surface area contributed by atoms with Crippen LogP contribution in [0.5, 0.6) is 11.5 Å². The van der Waals surface area contributed by atoms with Crippen molar-refractivity contribution in [3.8, 4) is 22.8 Å². The number of rotatable bonds is 2. The topological polar surface area (TPSA) is 69.1 Å². The number of phenolic OH excluding ortho intramolecular Hbond substituents is 2. The van der Waals surface area contributed by atoms with Gasteiger partial charge in [-0.1, -0.05) is 38.1 Å². The number of aromatic nitrogens is 2. The van der Waals surface area contributed by atoms with Crippen molar-refractivity contribution in [3.63, 3.8) is 0 Å². The zero-order valence-electron chi connectivity index (χ0n) is 13.2. The number of H-pyrrole nitrogens is 1. The van der Waals surface area contributed by atoms with Crippen LogP contribution in [0.25, 0.3) is 22.2 Å². The van der Waals surface area contributed by atoms with Crippen molar-refractivity contribution in [2.24, 2.45) is 0 Å². The van der Waals surface area contributed by atoms with E-state index in [9.17, 15) is 10.2 Å². The fourth-order valence-corrected chi connectivity index (χ4v) is 2.71. The Labute approximate surface area is 129 Å². The van der Waals surface area contributed by atoms with E-state index in [1.165, 1.54) is 5.56 Å². The third-order valence-electron chi connectivity index (χ3n) is 4.36. The quantitative estimate of drug-likeness (QED) is 0.615. The van der Waals surface area contributed by atoms with Gasteiger partial charge in [0.05, 0.1) is 5.39 Å². The summed E-state index contributed by atoms with van der Waals surface area (Å²) in [6.07, 6.45) is 0. The van der Waals surface area contributed by atoms with Crippen molar-refractivity contribution in [3.05, 3.63) is 41.0 Å². The summed E-state index contributed by atoms with van der Waals surface area (Å²) in [5.74, 6) is 0.775. The summed E-state index contributed by atoms with van der Waals surface area (Å²) in [4.78, 5) is 0. The van der Waals surface area contributed by atoms with Crippen molar-refractivity contribution in [2.45, 2.75) is 33.6 Å². The van der Waals surface area contributed by atoms with E-state index in [4.69, 9.17) is 0 Å². The Morgan fingerprint density at radius 1 is 0.955 bits per heavy atom. The van der Waals surface area contributed by atoms with E-state index in [0.717, 1.165) is 5.56 Å². The first-order chi connectivity index (χ1) is 10.4. The van der Waals surface area contributed by atoms with Crippen LogP contribution in [0.4, 0.5) is 0 Å². The van der Waals surface area contributed by atoms with Crippen molar-refractivity contribution in [2.75, 3.05) is 0 Å². The molecule has 0 aliphatic carbocycles. The molecule has 1 aromatic heterocycles. The monoisotopic (exact) mass is 296 g/mol. The molecule has 0 radical (unpaired) electrons. The fraction of sp³-hybridized carbons (Fsp3) is 0.278. The lowest BCUT2D eigenvalue weighted by atomic mass is 9.98. The number of hydrogen-bond acceptors (Lipinski definition) is 3. The third-order valence-corrected chi connectivity index (χ3v) is 4.36. The molecule has 2 aromatic carbocycles. The van der Waals surface area contributed by atoms with Crippen LogP contribution in [-0.2, 0) is 0 Å². The summed E-state index contributed by atoms with van der Waals surface area (Å²) in [6.45, 7) is 7.87. The molecule has 22 heavy (non-hydrogen) atoms. The van der Waals surface area contributed by atoms with Gasteiger partial charge < -0.3 is 10.2 Å². The number of benzene rings is 2. The Hall–Kier alpha value is -2.49. The SMILES string of the molecule is Cc1c(C)c(O)c2c(-c3ccc(C(C)C)cc3)n[nH]c2c1O. The van der Waals surface area contributed by atoms with Crippen LogP contribution in [0.3, 0.4) is 0 Å². The predicted molar refractivity (Wildman–Crippen MR) is 88.4 cm³/mol. The lowest BCUT2D eigenvalue weighted by molar-refractivity contribution is 0.462. The normalized spacial score (nSPS) is 11.5. The van der Waals surface area contributed by atoms with E-state index in [0.29, 0.717) is 33.6 Å². The molecule has 0 saturated heterocycles. The molecule has 0 fully saturated rings. The average molecular weight is 296 g/mol. The van der Waals surface area contributed by atoms with Crippen LogP contribution in [0, 0.1) is 13.8 Å². The zero-order chi connectivity index (χ0) is 16.0. The third kappa shape index (κ3) is 2.03. The number of aromatic amines is 1. The van der Waals surface area contributed by atoms with E-state index < -0.39 is 0 Å². The number of hydrogen-bond donors (Lipinski definition) is 3. The summed E-state index contributed by atoms with van der Waals surface area (Å²) in [7, 11) is 0. The van der Waals surface area contributed by atoms with Crippen molar-refractivity contribution < 1.29 is 10.2 Å². The Kier molecular flexibility index (Phi) is 3.32. The first kappa shape index (κ1) is 14.4. The van der Waals surface area contributed by atoms with Gasteiger partial charge in [0, 0.05) is 5.56 Å². The van der Waals surface area contributed by atoms with Gasteiger partial charge in [0.2, 0.25) is 0 Å². The minimum absolute atomic E-state index is 0.142. The molecule has 0 spiro atoms. The maximum Gasteiger partial charge on any atom is 0.144 e. The van der Waals surface area contributed by atoms with Crippen LogP contribution in [-0.4, -0.2) is 20.4 Å². The number of fused-ring (bicyclic) bond motifs is 1. The summed E-state index contributed by atoms with van der Waals surface area (Å²) < 4.78 is 0. The highest BCUT2D eigenvalue weighted by molar-refractivity contribution is 6.02. The average Bonchev–Trinajstić information content (AvgIpc) is 2.96. The molecular formula is C18H20N2O2. The molecule has 1 heterocycles. The second-order valence-corrected chi connectivity index (χ2v) is 6.05. The smallest absolute Gasteiger partial charge is 0.144 e. The van der Waals surface area contributed by atoms with E-state index >= 15 is 0 Å². The highest BCUT2D eigenvalue weighted by Crippen LogP contribution is 2.42. The highest BCUT2D eigenvalue weighted by Gasteiger charge is 2.19. The maximum absolute atomic E-state index is 10.5. The standard InChI is InChI=1S/C18H20N2O2/c1-9(2)12-5-7-13(8-6-12)15-14-16(20-19-15)18(22)11(4)10(3)17(14)21/h5-9,21-22H,1-4H3,(H,19,20). The Morgan fingerprint density at radius 2 is 1.55 bits per heavy atom. The summed E-state index contributed by atoms with van der Waals surface area (Å²) in [5.41, 5.74) is 4.63. The van der Waals surface area contributed by atoms with Gasteiger partial charge in [0.15, 0.2) is 0 Å². The fourth-order valence-electron chi connectivity index (χ4n) is 2.71. The Morgan fingerprint density at radius 3 is 2.14 bits per heavy atom. The molecule has 3 rings (SSSR count). The minimum atomic E-state index is 0.142. The van der Waals surface area contributed by atoms with Gasteiger partial charge in [-0.3, -0.25) is 5.10 Å². The first-order valence-electron chi connectivity index (χ1n) is 7.41. The van der Waals surface area contributed by atoms with Crippen molar-refractivity contribution in [1.29, 1.82) is 0 Å². The predicted octanol–water partition coefficient (Wildman–Crippen LogP) is 4.38. The highest BCUT2D eigenvalue weighted by atomic mass is 16.3. The molecular weight excluding hydrogens is 276 g/mol. The van der Waals surface area contributed by atoms with Crippen LogP contribution in [0.15, 0.2) is 24.3 Å². The summed E-state index contributed by atoms with van der Waals surface area (Å²) in [6, 6.07) is 8.13. The molecule has 0 aliphatic rings. The Bertz CT molecular complexity index is 846. The van der Waals surface area contributed by atoms with Gasteiger partial charge in [0.1, 0.15) is 22.7 Å². The molecule has 0 atom stereocenters. The molecule has 4 nitrogen and oxygen atoms in total. The molecule has 114 valence electrons. The van der Waals surface area contributed by atoms with Crippen molar-refractivity contribution >= 4 is 10.9 Å². The second-order valence-electron chi connectivity index (χ2n) is 6.05. The molecule has 4 heteroatoms. The lowest BCUT2D eigenvalue weighted by Gasteiger charge is -2.09. The summed E-state index contributed by atoms with van der Waals surface area (Å²) >= 11 is 0. The lowest BCUT2D eigenvalue weighted by Crippen LogP contribution is -1.88. The largest absolute Gasteiger partial charge is 0.507 e. The minimum Gasteiger partial charge on any atom is -0.507 e. The summed E-state index contributed by atoms with van der Waals surface area (Å²) in [5, 5.41) is 28.4. The van der Waals surface area contributed by atoms with Gasteiger partial charge in [-0.05, 0) is 36.5 Å². The first-order valence-corrected chi connectivity index (χ1v) is 7.41. The molecule has 0 bridgehead atoms. The number of nitrogens with zero attached hydrogens (tertiary/aromatic N) is 1. The number of phenols is 2. The number of aromatic hydroxyl groups is 2. The van der Waals surface area contributed by atoms with Gasteiger partial charge in [-0.25, -0.2) is 0 Å². The zero-order valence-corrected chi connectivity index (χ0v) is 13.2. The van der Waals surface area contributed by atoms with E-state index in [1.54, 1.807) is 13.8 Å². The van der Waals surface area contributed by atoms with Crippen LogP contribution < -0.4 is 0 Å². The van der Waals surface area contributed by atoms with E-state index in [1.807, 2.05) is 12.1 Å². The van der Waals surface area contributed by atoms with Gasteiger partial charge in [-0.15, -0.1) is 0 Å².